The molecule has 0 N–H and O–H groups in total. The quantitative estimate of drug-likeness (QED) is 0.851. The maximum atomic E-state index is 11.9. The van der Waals surface area contributed by atoms with E-state index in [1.165, 1.54) is 0 Å². The lowest BCUT2D eigenvalue weighted by Crippen LogP contribution is -2.50. The summed E-state index contributed by atoms with van der Waals surface area (Å²) >= 11 is 0. The molecule has 0 radical (unpaired) electrons. The van der Waals surface area contributed by atoms with Crippen LogP contribution in [0.15, 0.2) is 24.4 Å². The van der Waals surface area contributed by atoms with Gasteiger partial charge in [-0.3, -0.25) is 14.7 Å². The van der Waals surface area contributed by atoms with Crippen LogP contribution in [0.25, 0.3) is 0 Å². The van der Waals surface area contributed by atoms with Crippen molar-refractivity contribution in [3.05, 3.63) is 30.1 Å². The lowest BCUT2D eigenvalue weighted by atomic mass is 10.1. The molecule has 2 heterocycles. The van der Waals surface area contributed by atoms with Crippen molar-refractivity contribution >= 4 is 18.3 Å². The van der Waals surface area contributed by atoms with Gasteiger partial charge in [0.2, 0.25) is 5.91 Å². The summed E-state index contributed by atoms with van der Waals surface area (Å²) in [6.45, 7) is 8.64. The van der Waals surface area contributed by atoms with Crippen LogP contribution < -0.4 is 0 Å². The Morgan fingerprint density at radius 1 is 1.25 bits per heavy atom. The molecule has 4 nitrogen and oxygen atoms in total. The minimum Gasteiger partial charge on any atom is -0.340 e. The highest BCUT2D eigenvalue weighted by Crippen LogP contribution is 2.07. The lowest BCUT2D eigenvalue weighted by Gasteiger charge is -2.35. The molecule has 1 aromatic heterocycles. The fraction of sp³-hybridized carbons (Fsp3) is 0.600. The second-order valence-electron chi connectivity index (χ2n) is 5.39. The first-order chi connectivity index (χ1) is 9.16. The monoisotopic (exact) mass is 297 g/mol. The van der Waals surface area contributed by atoms with E-state index < -0.39 is 0 Å². The number of piperazine rings is 1. The minimum absolute atomic E-state index is 0. The molecule has 0 spiro atoms. The summed E-state index contributed by atoms with van der Waals surface area (Å²) in [7, 11) is 0. The second-order valence-corrected chi connectivity index (χ2v) is 5.39. The van der Waals surface area contributed by atoms with E-state index in [9.17, 15) is 4.79 Å². The molecule has 1 aliphatic rings. The van der Waals surface area contributed by atoms with E-state index in [2.05, 4.69) is 16.0 Å². The van der Waals surface area contributed by atoms with E-state index in [0.717, 1.165) is 44.8 Å². The number of carbonyl (C=O) groups excluding carboxylic acids is 1. The maximum Gasteiger partial charge on any atom is 0.225 e. The molecule has 2 rings (SSSR count). The molecule has 1 fully saturated rings. The van der Waals surface area contributed by atoms with Crippen LogP contribution in [0.1, 0.15) is 19.5 Å². The van der Waals surface area contributed by atoms with Gasteiger partial charge in [0.25, 0.3) is 0 Å². The van der Waals surface area contributed by atoms with Crippen molar-refractivity contribution in [1.82, 2.24) is 14.8 Å². The van der Waals surface area contributed by atoms with Crippen molar-refractivity contribution < 1.29 is 4.79 Å². The molecule has 1 amide bonds. The summed E-state index contributed by atoms with van der Waals surface area (Å²) in [5.41, 5.74) is 1.14. The van der Waals surface area contributed by atoms with Gasteiger partial charge in [0.15, 0.2) is 0 Å². The highest BCUT2D eigenvalue weighted by molar-refractivity contribution is 5.85. The Morgan fingerprint density at radius 2 is 1.95 bits per heavy atom. The van der Waals surface area contributed by atoms with Crippen LogP contribution in [0, 0.1) is 5.92 Å². The topological polar surface area (TPSA) is 36.4 Å². The zero-order chi connectivity index (χ0) is 13.7. The molecule has 0 saturated carbocycles. The molecule has 1 aromatic rings. The van der Waals surface area contributed by atoms with Gasteiger partial charge in [0.05, 0.1) is 0 Å². The summed E-state index contributed by atoms with van der Waals surface area (Å²) in [6.07, 6.45) is 2.83. The molecule has 0 aromatic carbocycles. The Morgan fingerprint density at radius 3 is 2.50 bits per heavy atom. The Hall–Kier alpha value is -1.13. The van der Waals surface area contributed by atoms with E-state index >= 15 is 0 Å². The maximum absolute atomic E-state index is 11.9. The van der Waals surface area contributed by atoms with Gasteiger partial charge < -0.3 is 4.90 Å². The van der Waals surface area contributed by atoms with Gasteiger partial charge in [-0.15, -0.1) is 12.4 Å². The number of hydrogen-bond donors (Lipinski definition) is 0. The van der Waals surface area contributed by atoms with E-state index in [1.54, 1.807) is 0 Å². The zero-order valence-electron chi connectivity index (χ0n) is 12.3. The summed E-state index contributed by atoms with van der Waals surface area (Å²) in [5.74, 6) is 0.393. The van der Waals surface area contributed by atoms with Crippen molar-refractivity contribution in [2.24, 2.45) is 5.92 Å². The van der Waals surface area contributed by atoms with Crippen LogP contribution in [0.4, 0.5) is 0 Å². The van der Waals surface area contributed by atoms with Crippen molar-refractivity contribution in [3.8, 4) is 0 Å². The van der Waals surface area contributed by atoms with E-state index in [-0.39, 0.29) is 24.2 Å². The molecule has 5 heteroatoms. The third kappa shape index (κ3) is 4.76. The van der Waals surface area contributed by atoms with Crippen molar-refractivity contribution in [3.63, 3.8) is 0 Å². The van der Waals surface area contributed by atoms with E-state index in [4.69, 9.17) is 0 Å². The molecule has 1 aliphatic heterocycles. The molecule has 0 aliphatic carbocycles. The van der Waals surface area contributed by atoms with E-state index in [1.807, 2.05) is 37.1 Å². The number of rotatable bonds is 4. The second kappa shape index (κ2) is 8.22. The fourth-order valence-corrected chi connectivity index (χ4v) is 2.38. The lowest BCUT2D eigenvalue weighted by molar-refractivity contribution is -0.136. The number of halogens is 1. The predicted molar refractivity (Wildman–Crippen MR) is 83.0 cm³/mol. The predicted octanol–water partition coefficient (Wildman–Crippen LogP) is 1.85. The first-order valence-corrected chi connectivity index (χ1v) is 7.08. The van der Waals surface area contributed by atoms with Gasteiger partial charge >= 0.3 is 0 Å². The third-order valence-electron chi connectivity index (χ3n) is 3.59. The van der Waals surface area contributed by atoms with Gasteiger partial charge in [0.1, 0.15) is 0 Å². The Kier molecular flexibility index (Phi) is 6.96. The van der Waals surface area contributed by atoms with Crippen LogP contribution >= 0.6 is 12.4 Å². The van der Waals surface area contributed by atoms with Crippen LogP contribution in [0.5, 0.6) is 0 Å². The summed E-state index contributed by atoms with van der Waals surface area (Å²) in [6, 6.07) is 6.04. The van der Waals surface area contributed by atoms with Crippen molar-refractivity contribution in [1.29, 1.82) is 0 Å². The van der Waals surface area contributed by atoms with Gasteiger partial charge in [0, 0.05) is 57.0 Å². The van der Waals surface area contributed by atoms with Gasteiger partial charge in [-0.2, -0.15) is 0 Å². The van der Waals surface area contributed by atoms with Gasteiger partial charge in [-0.25, -0.2) is 0 Å². The molecule has 0 bridgehead atoms. The summed E-state index contributed by atoms with van der Waals surface area (Å²) < 4.78 is 0. The molecular formula is C15H24ClN3O. The van der Waals surface area contributed by atoms with Crippen LogP contribution in [-0.2, 0) is 11.2 Å². The SMILES string of the molecule is CC(C)C(=O)N1CCN(CCc2ccccn2)CC1.Cl. The highest BCUT2D eigenvalue weighted by atomic mass is 35.5. The molecular weight excluding hydrogens is 274 g/mol. The standard InChI is InChI=1S/C15H23N3O.ClH/c1-13(2)15(19)18-11-9-17(10-12-18)8-6-14-5-3-4-7-16-14;/h3-5,7,13H,6,8-12H2,1-2H3;1H. The first kappa shape index (κ1) is 16.9. The first-order valence-electron chi connectivity index (χ1n) is 7.08. The highest BCUT2D eigenvalue weighted by Gasteiger charge is 2.22. The average molecular weight is 298 g/mol. The Labute approximate surface area is 127 Å². The molecule has 20 heavy (non-hydrogen) atoms. The molecule has 0 atom stereocenters. The van der Waals surface area contributed by atoms with E-state index in [0.29, 0.717) is 0 Å². The van der Waals surface area contributed by atoms with Gasteiger partial charge in [-0.1, -0.05) is 19.9 Å². The number of aromatic nitrogens is 1. The number of nitrogens with zero attached hydrogens (tertiary/aromatic N) is 3. The number of hydrogen-bond acceptors (Lipinski definition) is 3. The minimum atomic E-state index is 0. The average Bonchev–Trinajstić information content (AvgIpc) is 2.46. The Bertz CT molecular complexity index is 403. The third-order valence-corrected chi connectivity index (χ3v) is 3.59. The number of pyridine rings is 1. The normalized spacial score (nSPS) is 16.1. The molecule has 112 valence electrons. The van der Waals surface area contributed by atoms with Crippen LogP contribution in [-0.4, -0.2) is 53.4 Å². The van der Waals surface area contributed by atoms with Crippen LogP contribution in [0.2, 0.25) is 0 Å². The Balaban J connectivity index is 0.00000200. The molecule has 1 saturated heterocycles. The zero-order valence-corrected chi connectivity index (χ0v) is 13.1. The smallest absolute Gasteiger partial charge is 0.225 e. The fourth-order valence-electron chi connectivity index (χ4n) is 2.38. The van der Waals surface area contributed by atoms with Gasteiger partial charge in [-0.05, 0) is 12.1 Å². The molecule has 0 unspecified atom stereocenters. The number of carbonyl (C=O) groups is 1. The van der Waals surface area contributed by atoms with Crippen molar-refractivity contribution in [2.45, 2.75) is 20.3 Å². The van der Waals surface area contributed by atoms with Crippen molar-refractivity contribution in [2.75, 3.05) is 32.7 Å². The summed E-state index contributed by atoms with van der Waals surface area (Å²) in [4.78, 5) is 20.6. The largest absolute Gasteiger partial charge is 0.340 e. The number of amides is 1. The van der Waals surface area contributed by atoms with Crippen LogP contribution in [0.3, 0.4) is 0 Å². The summed E-state index contributed by atoms with van der Waals surface area (Å²) in [5, 5.41) is 0.